The van der Waals surface area contributed by atoms with E-state index in [9.17, 15) is 4.79 Å². The molecule has 2 heterocycles. The van der Waals surface area contributed by atoms with E-state index >= 15 is 0 Å². The Labute approximate surface area is 109 Å². The molecule has 100 valence electrons. The van der Waals surface area contributed by atoms with Crippen molar-refractivity contribution in [1.82, 2.24) is 14.8 Å². The van der Waals surface area contributed by atoms with Gasteiger partial charge in [0.15, 0.2) is 0 Å². The number of rotatable bonds is 3. The Balaban J connectivity index is 1.91. The van der Waals surface area contributed by atoms with Crippen LogP contribution in [0.4, 0.5) is 0 Å². The number of hydrogen-bond acceptors (Lipinski definition) is 2. The Bertz CT molecular complexity index is 417. The van der Waals surface area contributed by atoms with Gasteiger partial charge in [-0.15, -0.1) is 0 Å². The zero-order valence-electron chi connectivity index (χ0n) is 11.6. The summed E-state index contributed by atoms with van der Waals surface area (Å²) in [6, 6.07) is 2.08. The first-order valence-corrected chi connectivity index (χ1v) is 6.75. The van der Waals surface area contributed by atoms with Gasteiger partial charge in [-0.3, -0.25) is 4.79 Å². The van der Waals surface area contributed by atoms with E-state index in [-0.39, 0.29) is 5.91 Å². The average Bonchev–Trinajstić information content (AvgIpc) is 2.68. The minimum absolute atomic E-state index is 0.257. The number of aryl methyl sites for hydroxylation is 2. The third-order valence-corrected chi connectivity index (χ3v) is 3.77. The van der Waals surface area contributed by atoms with Crippen LogP contribution in [-0.4, -0.2) is 53.4 Å². The second kappa shape index (κ2) is 5.57. The molecular formula is C14H23N3O. The number of aromatic nitrogens is 1. The van der Waals surface area contributed by atoms with Gasteiger partial charge in [-0.2, -0.15) is 0 Å². The molecule has 4 heteroatoms. The summed E-state index contributed by atoms with van der Waals surface area (Å²) in [4.78, 5) is 19.8. The predicted octanol–water partition coefficient (Wildman–Crippen LogP) is 1.34. The number of aromatic amines is 1. The number of nitrogens with one attached hydrogen (secondary N) is 1. The second-order valence-electron chi connectivity index (χ2n) is 5.09. The molecule has 1 aromatic rings. The normalized spacial score (nSPS) is 17.2. The zero-order chi connectivity index (χ0) is 13.1. The summed E-state index contributed by atoms with van der Waals surface area (Å²) in [5.74, 6) is 0.257. The van der Waals surface area contributed by atoms with Crippen molar-refractivity contribution in [3.8, 4) is 0 Å². The molecular weight excluding hydrogens is 226 g/mol. The first-order valence-electron chi connectivity index (χ1n) is 6.75. The highest BCUT2D eigenvalue weighted by Crippen LogP contribution is 2.12. The second-order valence-corrected chi connectivity index (χ2v) is 5.09. The summed E-state index contributed by atoms with van der Waals surface area (Å²) in [6.45, 7) is 11.1. The summed E-state index contributed by atoms with van der Waals surface area (Å²) >= 11 is 0. The van der Waals surface area contributed by atoms with Crippen LogP contribution in [0, 0.1) is 13.8 Å². The van der Waals surface area contributed by atoms with Crippen molar-refractivity contribution in [2.75, 3.05) is 32.7 Å². The van der Waals surface area contributed by atoms with Gasteiger partial charge in [-0.1, -0.05) is 6.92 Å². The zero-order valence-corrected chi connectivity index (χ0v) is 11.6. The number of piperazine rings is 1. The lowest BCUT2D eigenvalue weighted by atomic mass is 10.1. The molecule has 0 bridgehead atoms. The molecule has 0 aliphatic carbocycles. The summed E-state index contributed by atoms with van der Waals surface area (Å²) in [7, 11) is 0. The molecule has 1 aliphatic heterocycles. The quantitative estimate of drug-likeness (QED) is 0.878. The Kier molecular flexibility index (Phi) is 4.07. The summed E-state index contributed by atoms with van der Waals surface area (Å²) in [5, 5.41) is 0. The third-order valence-electron chi connectivity index (χ3n) is 3.77. The van der Waals surface area contributed by atoms with E-state index in [4.69, 9.17) is 0 Å². The fourth-order valence-electron chi connectivity index (χ4n) is 2.55. The van der Waals surface area contributed by atoms with Crippen LogP contribution in [-0.2, 0) is 11.2 Å². The Morgan fingerprint density at radius 3 is 2.44 bits per heavy atom. The Hall–Kier alpha value is -1.29. The van der Waals surface area contributed by atoms with E-state index in [1.54, 1.807) is 0 Å². The van der Waals surface area contributed by atoms with E-state index in [0.29, 0.717) is 6.42 Å². The molecule has 1 aliphatic rings. The van der Waals surface area contributed by atoms with Crippen LogP contribution in [0.5, 0.6) is 0 Å². The lowest BCUT2D eigenvalue weighted by Crippen LogP contribution is -2.48. The minimum atomic E-state index is 0.257. The number of H-pyrrole nitrogens is 1. The van der Waals surface area contributed by atoms with Crippen LogP contribution < -0.4 is 0 Å². The molecule has 0 radical (unpaired) electrons. The maximum absolute atomic E-state index is 12.2. The molecule has 0 unspecified atom stereocenters. The van der Waals surface area contributed by atoms with Gasteiger partial charge in [-0.05, 0) is 32.0 Å². The Morgan fingerprint density at radius 1 is 1.28 bits per heavy atom. The number of amides is 1. The van der Waals surface area contributed by atoms with Crippen molar-refractivity contribution >= 4 is 5.91 Å². The highest BCUT2D eigenvalue weighted by atomic mass is 16.2. The van der Waals surface area contributed by atoms with E-state index in [0.717, 1.165) is 49.7 Å². The molecule has 1 fully saturated rings. The van der Waals surface area contributed by atoms with Crippen molar-refractivity contribution in [1.29, 1.82) is 0 Å². The van der Waals surface area contributed by atoms with Crippen LogP contribution in [0.25, 0.3) is 0 Å². The van der Waals surface area contributed by atoms with Crippen LogP contribution in [0.1, 0.15) is 23.9 Å². The summed E-state index contributed by atoms with van der Waals surface area (Å²) in [5.41, 5.74) is 3.38. The molecule has 1 saturated heterocycles. The first kappa shape index (κ1) is 13.1. The fraction of sp³-hybridized carbons (Fsp3) is 0.643. The van der Waals surface area contributed by atoms with E-state index in [1.165, 1.54) is 0 Å². The van der Waals surface area contributed by atoms with Gasteiger partial charge in [0.2, 0.25) is 5.91 Å². The van der Waals surface area contributed by atoms with Gasteiger partial charge in [-0.25, -0.2) is 0 Å². The van der Waals surface area contributed by atoms with Gasteiger partial charge < -0.3 is 14.8 Å². The van der Waals surface area contributed by atoms with Crippen LogP contribution >= 0.6 is 0 Å². The van der Waals surface area contributed by atoms with Crippen LogP contribution in [0.2, 0.25) is 0 Å². The molecule has 2 rings (SSSR count). The molecule has 1 amide bonds. The first-order chi connectivity index (χ1) is 8.60. The van der Waals surface area contributed by atoms with Gasteiger partial charge in [0.1, 0.15) is 0 Å². The molecule has 0 atom stereocenters. The molecule has 0 saturated carbocycles. The molecule has 18 heavy (non-hydrogen) atoms. The number of carbonyl (C=O) groups excluding carboxylic acids is 1. The van der Waals surface area contributed by atoms with Crippen LogP contribution in [0.3, 0.4) is 0 Å². The van der Waals surface area contributed by atoms with Crippen molar-refractivity contribution in [3.05, 3.63) is 23.0 Å². The SMILES string of the molecule is CCN1CCN(C(=O)Cc2cc(C)[nH]c2C)CC1. The van der Waals surface area contributed by atoms with Gasteiger partial charge in [0, 0.05) is 37.6 Å². The number of carbonyl (C=O) groups is 1. The lowest BCUT2D eigenvalue weighted by molar-refractivity contribution is -0.132. The monoisotopic (exact) mass is 249 g/mol. The number of likely N-dealkylation sites (N-methyl/N-ethyl adjacent to an activating group) is 1. The predicted molar refractivity (Wildman–Crippen MR) is 72.7 cm³/mol. The lowest BCUT2D eigenvalue weighted by Gasteiger charge is -2.34. The Morgan fingerprint density at radius 2 is 1.94 bits per heavy atom. The van der Waals surface area contributed by atoms with Crippen molar-refractivity contribution in [3.63, 3.8) is 0 Å². The maximum Gasteiger partial charge on any atom is 0.227 e. The van der Waals surface area contributed by atoms with Gasteiger partial charge >= 0.3 is 0 Å². The molecule has 1 aromatic heterocycles. The van der Waals surface area contributed by atoms with Gasteiger partial charge in [0.05, 0.1) is 6.42 Å². The summed E-state index contributed by atoms with van der Waals surface area (Å²) in [6.07, 6.45) is 0.530. The molecule has 1 N–H and O–H groups in total. The topological polar surface area (TPSA) is 39.3 Å². The molecule has 0 aromatic carbocycles. The van der Waals surface area contributed by atoms with Crippen molar-refractivity contribution < 1.29 is 4.79 Å². The van der Waals surface area contributed by atoms with Gasteiger partial charge in [0.25, 0.3) is 0 Å². The van der Waals surface area contributed by atoms with Crippen LogP contribution in [0.15, 0.2) is 6.07 Å². The maximum atomic E-state index is 12.2. The number of hydrogen-bond donors (Lipinski definition) is 1. The smallest absolute Gasteiger partial charge is 0.227 e. The average molecular weight is 249 g/mol. The largest absolute Gasteiger partial charge is 0.362 e. The molecule has 0 spiro atoms. The number of nitrogens with zero attached hydrogens (tertiary/aromatic N) is 2. The van der Waals surface area contributed by atoms with E-state index in [1.807, 2.05) is 18.7 Å². The standard InChI is InChI=1S/C14H23N3O/c1-4-16-5-7-17(8-6-16)14(18)10-13-9-11(2)15-12(13)3/h9,15H,4-8,10H2,1-3H3. The van der Waals surface area contributed by atoms with Crippen molar-refractivity contribution in [2.24, 2.45) is 0 Å². The highest BCUT2D eigenvalue weighted by Gasteiger charge is 2.20. The third kappa shape index (κ3) is 2.93. The van der Waals surface area contributed by atoms with E-state index < -0.39 is 0 Å². The van der Waals surface area contributed by atoms with Crippen molar-refractivity contribution in [2.45, 2.75) is 27.2 Å². The highest BCUT2D eigenvalue weighted by molar-refractivity contribution is 5.79. The molecule has 4 nitrogen and oxygen atoms in total. The van der Waals surface area contributed by atoms with E-state index in [2.05, 4.69) is 22.9 Å². The fourth-order valence-corrected chi connectivity index (χ4v) is 2.55. The minimum Gasteiger partial charge on any atom is -0.362 e. The summed E-state index contributed by atoms with van der Waals surface area (Å²) < 4.78 is 0.